The summed E-state index contributed by atoms with van der Waals surface area (Å²) in [5, 5.41) is 18.0. The Balaban J connectivity index is 1.49. The summed E-state index contributed by atoms with van der Waals surface area (Å²) in [7, 11) is 0. The van der Waals surface area contributed by atoms with Crippen molar-refractivity contribution in [2.45, 2.75) is 130 Å². The van der Waals surface area contributed by atoms with E-state index >= 15 is 0 Å². The highest BCUT2D eigenvalue weighted by Gasteiger charge is 2.44. The molecule has 0 spiro atoms. The third-order valence-electron chi connectivity index (χ3n) is 11.6. The Labute approximate surface area is 340 Å². The fourth-order valence-electron chi connectivity index (χ4n) is 8.23. The molecule has 0 radical (unpaired) electrons. The molecule has 0 bridgehead atoms. The number of nitrogens with one attached hydrogen (secondary N) is 2. The molecule has 2 aromatic carbocycles. The third kappa shape index (κ3) is 9.61. The first-order valence-electron chi connectivity index (χ1n) is 20.6. The predicted octanol–water partition coefficient (Wildman–Crippen LogP) is 14.2. The summed E-state index contributed by atoms with van der Waals surface area (Å²) in [6.45, 7) is 20.5. The van der Waals surface area contributed by atoms with Crippen LogP contribution in [0.5, 0.6) is 0 Å². The molecule has 0 amide bonds. The first-order chi connectivity index (χ1) is 26.0. The predicted molar refractivity (Wildman–Crippen MR) is 244 cm³/mol. The van der Waals surface area contributed by atoms with Gasteiger partial charge in [-0.05, 0) is 86.1 Å². The second-order valence-electron chi connectivity index (χ2n) is 16.1. The van der Waals surface area contributed by atoms with Gasteiger partial charge in [0.15, 0.2) is 5.71 Å². The molecule has 1 unspecified atom stereocenters. The standard InChI is InChI=1S/C47H65N4S3/c1-9-13-20-34(12-4)33-52-44(48)54-45(49)53-43-35(27-29-41-46(5,6)37-21-16-18-23-39(37)50(41)31-14-10-2)25-26-36(43)28-30-42-47(7,8)38-22-17-19-24-40(38)51(42)32-15-11-3/h16-19,21-24,27-30,34,48-49H,9-15,20,25-26,31-33H2,1-8H3/q+1. The van der Waals surface area contributed by atoms with E-state index < -0.39 is 0 Å². The molecule has 2 heterocycles. The minimum Gasteiger partial charge on any atom is -0.344 e. The number of hydrogen-bond acceptors (Lipinski definition) is 6. The Morgan fingerprint density at radius 3 is 2.24 bits per heavy atom. The molecular weight excluding hydrogens is 717 g/mol. The maximum Gasteiger partial charge on any atom is 0.209 e. The number of nitrogens with zero attached hydrogens (tertiary/aromatic N) is 2. The van der Waals surface area contributed by atoms with Gasteiger partial charge in [-0.1, -0.05) is 146 Å². The molecule has 3 aliphatic rings. The Bertz CT molecular complexity index is 1820. The van der Waals surface area contributed by atoms with Crippen LogP contribution in [0.4, 0.5) is 11.4 Å². The van der Waals surface area contributed by atoms with Crippen LogP contribution in [0.1, 0.15) is 131 Å². The number of thioether (sulfide) groups is 3. The van der Waals surface area contributed by atoms with Gasteiger partial charge in [-0.3, -0.25) is 10.8 Å². The van der Waals surface area contributed by atoms with E-state index in [1.807, 2.05) is 0 Å². The molecule has 0 saturated heterocycles. The normalized spacial score (nSPS) is 19.4. The van der Waals surface area contributed by atoms with Crippen molar-refractivity contribution < 1.29 is 4.58 Å². The van der Waals surface area contributed by atoms with Crippen molar-refractivity contribution in [3.63, 3.8) is 0 Å². The van der Waals surface area contributed by atoms with Gasteiger partial charge in [0.25, 0.3) is 0 Å². The van der Waals surface area contributed by atoms with Crippen LogP contribution in [0.2, 0.25) is 0 Å². The number of hydrogen-bond donors (Lipinski definition) is 2. The van der Waals surface area contributed by atoms with Crippen molar-refractivity contribution >= 4 is 61.1 Å². The number of rotatable bonds is 16. The first-order valence-corrected chi connectivity index (χ1v) is 23.2. The Morgan fingerprint density at radius 2 is 1.52 bits per heavy atom. The SMILES string of the molecule is CCCCC(CC)CSC(=N)SC(=N)SC1=C(/C=C/C2=[N+](CCCC)c3ccccc3C2(C)C)CC/C1=C\C=C1\N(CCCC)c2ccccc2C1(C)C. The average molecular weight is 782 g/mol. The van der Waals surface area contributed by atoms with Gasteiger partial charge in [-0.25, -0.2) is 0 Å². The van der Waals surface area contributed by atoms with Crippen LogP contribution < -0.4 is 4.90 Å². The van der Waals surface area contributed by atoms with Crippen molar-refractivity contribution in [3.05, 3.63) is 106 Å². The lowest BCUT2D eigenvalue weighted by molar-refractivity contribution is -0.438. The molecule has 2 aromatic rings. The van der Waals surface area contributed by atoms with Crippen LogP contribution in [-0.2, 0) is 10.8 Å². The van der Waals surface area contributed by atoms with Gasteiger partial charge in [0, 0.05) is 58.1 Å². The number of anilines is 1. The van der Waals surface area contributed by atoms with Crippen LogP contribution in [0.25, 0.3) is 0 Å². The van der Waals surface area contributed by atoms with Crippen LogP contribution >= 0.6 is 35.3 Å². The van der Waals surface area contributed by atoms with E-state index in [4.69, 9.17) is 5.41 Å². The summed E-state index contributed by atoms with van der Waals surface area (Å²) in [6.07, 6.45) is 20.9. The zero-order valence-corrected chi connectivity index (χ0v) is 36.8. The Kier molecular flexibility index (Phi) is 15.2. The summed E-state index contributed by atoms with van der Waals surface area (Å²) in [4.78, 5) is 3.74. The number of unbranched alkanes of at least 4 members (excludes halogenated alkanes) is 3. The van der Waals surface area contributed by atoms with Crippen molar-refractivity contribution in [1.29, 1.82) is 10.8 Å². The second-order valence-corrected chi connectivity index (χ2v) is 19.7. The average Bonchev–Trinajstić information content (AvgIpc) is 3.71. The fourth-order valence-corrected chi connectivity index (χ4v) is 11.5. The molecule has 0 saturated carbocycles. The lowest BCUT2D eigenvalue weighted by Crippen LogP contribution is -2.28. The molecule has 4 nitrogen and oxygen atoms in total. The molecule has 2 aliphatic heterocycles. The van der Waals surface area contributed by atoms with Gasteiger partial charge in [-0.2, -0.15) is 4.58 Å². The van der Waals surface area contributed by atoms with Crippen LogP contribution in [0.3, 0.4) is 0 Å². The number of para-hydroxylation sites is 2. The van der Waals surface area contributed by atoms with Gasteiger partial charge < -0.3 is 4.90 Å². The summed E-state index contributed by atoms with van der Waals surface area (Å²) >= 11 is 4.51. The Morgan fingerprint density at radius 1 is 0.815 bits per heavy atom. The Hall–Kier alpha value is -2.74. The van der Waals surface area contributed by atoms with E-state index in [0.717, 1.165) is 63.8 Å². The molecule has 54 heavy (non-hydrogen) atoms. The topological polar surface area (TPSA) is 54.0 Å². The van der Waals surface area contributed by atoms with Gasteiger partial charge in [0.2, 0.25) is 5.69 Å². The number of benzene rings is 2. The van der Waals surface area contributed by atoms with Crippen molar-refractivity contribution in [2.75, 3.05) is 23.7 Å². The van der Waals surface area contributed by atoms with Gasteiger partial charge >= 0.3 is 0 Å². The molecule has 7 heteroatoms. The number of fused-ring (bicyclic) bond motifs is 2. The molecule has 2 N–H and O–H groups in total. The van der Waals surface area contributed by atoms with E-state index in [1.54, 1.807) is 23.5 Å². The lowest BCUT2D eigenvalue weighted by Gasteiger charge is -2.27. The highest BCUT2D eigenvalue weighted by molar-refractivity contribution is 8.54. The van der Waals surface area contributed by atoms with Crippen molar-refractivity contribution in [3.8, 4) is 0 Å². The highest BCUT2D eigenvalue weighted by atomic mass is 32.2. The minimum atomic E-state index is -0.0935. The minimum absolute atomic E-state index is 0.0935. The summed E-state index contributed by atoms with van der Waals surface area (Å²) in [5.41, 5.74) is 10.6. The molecular formula is C47H65N4S3+. The summed E-state index contributed by atoms with van der Waals surface area (Å²) in [6, 6.07) is 17.8. The van der Waals surface area contributed by atoms with Gasteiger partial charge in [-0.15, -0.1) is 0 Å². The van der Waals surface area contributed by atoms with Gasteiger partial charge in [0.05, 0.1) is 5.41 Å². The largest absolute Gasteiger partial charge is 0.344 e. The van der Waals surface area contributed by atoms with E-state index in [1.165, 1.54) is 81.0 Å². The molecule has 0 fully saturated rings. The van der Waals surface area contributed by atoms with E-state index in [2.05, 4.69) is 138 Å². The first kappa shape index (κ1) is 42.4. The quantitative estimate of drug-likeness (QED) is 0.101. The maximum atomic E-state index is 9.17. The zero-order valence-electron chi connectivity index (χ0n) is 34.3. The molecule has 5 rings (SSSR count). The number of allylic oxidation sites excluding steroid dienone is 7. The second kappa shape index (κ2) is 19.4. The van der Waals surface area contributed by atoms with Crippen molar-refractivity contribution in [2.24, 2.45) is 5.92 Å². The highest BCUT2D eigenvalue weighted by Crippen LogP contribution is 2.49. The van der Waals surface area contributed by atoms with Crippen molar-refractivity contribution in [1.82, 2.24) is 0 Å². The van der Waals surface area contributed by atoms with Gasteiger partial charge in [0.1, 0.15) is 15.3 Å². The molecule has 290 valence electrons. The monoisotopic (exact) mass is 781 g/mol. The molecule has 1 aliphatic carbocycles. The van der Waals surface area contributed by atoms with Crippen LogP contribution in [-0.4, -0.2) is 37.9 Å². The third-order valence-corrected chi connectivity index (χ3v) is 14.9. The summed E-state index contributed by atoms with van der Waals surface area (Å²) in [5.74, 6) is 1.60. The fraction of sp³-hybridized carbons (Fsp3) is 0.511. The smallest absolute Gasteiger partial charge is 0.209 e. The zero-order chi connectivity index (χ0) is 38.9. The van der Waals surface area contributed by atoms with Crippen LogP contribution in [0.15, 0.2) is 94.6 Å². The van der Waals surface area contributed by atoms with E-state index in [9.17, 15) is 5.41 Å². The summed E-state index contributed by atoms with van der Waals surface area (Å²) < 4.78 is 3.57. The van der Waals surface area contributed by atoms with E-state index in [0.29, 0.717) is 14.7 Å². The molecule has 0 aromatic heterocycles. The molecule has 1 atom stereocenters. The van der Waals surface area contributed by atoms with E-state index in [-0.39, 0.29) is 10.8 Å². The maximum absolute atomic E-state index is 9.17. The lowest BCUT2D eigenvalue weighted by atomic mass is 9.81. The van der Waals surface area contributed by atoms with Crippen LogP contribution in [0, 0.1) is 16.7 Å².